The zero-order valence-corrected chi connectivity index (χ0v) is 14.4. The molecule has 0 amide bonds. The van der Waals surface area contributed by atoms with Gasteiger partial charge in [-0.1, -0.05) is 29.8 Å². The molecule has 0 N–H and O–H groups in total. The van der Waals surface area contributed by atoms with Crippen LogP contribution in [0.1, 0.15) is 12.8 Å². The van der Waals surface area contributed by atoms with Crippen molar-refractivity contribution in [1.82, 2.24) is 4.31 Å². The molecule has 24 heavy (non-hydrogen) atoms. The van der Waals surface area contributed by atoms with Crippen molar-refractivity contribution in [2.75, 3.05) is 13.1 Å². The van der Waals surface area contributed by atoms with Gasteiger partial charge in [0, 0.05) is 6.54 Å². The third kappa shape index (κ3) is 3.71. The fraction of sp³-hybridized carbons (Fsp3) is 0.294. The second-order valence-electron chi connectivity index (χ2n) is 5.63. The summed E-state index contributed by atoms with van der Waals surface area (Å²) in [5.74, 6) is 0.0751. The largest absolute Gasteiger partial charge is 0.489 e. The lowest BCUT2D eigenvalue weighted by Gasteiger charge is -2.32. The Morgan fingerprint density at radius 2 is 1.92 bits per heavy atom. The summed E-state index contributed by atoms with van der Waals surface area (Å²) < 4.78 is 46.0. The first-order chi connectivity index (χ1) is 11.5. The average Bonchev–Trinajstić information content (AvgIpc) is 2.58. The Labute approximate surface area is 145 Å². The van der Waals surface area contributed by atoms with E-state index in [1.54, 1.807) is 0 Å². The molecule has 2 aromatic rings. The molecule has 1 saturated heterocycles. The van der Waals surface area contributed by atoms with Crippen LogP contribution in [0, 0.1) is 5.82 Å². The van der Waals surface area contributed by atoms with Crippen molar-refractivity contribution in [3.63, 3.8) is 0 Å². The summed E-state index contributed by atoms with van der Waals surface area (Å²) in [4.78, 5) is -0.00531. The molecule has 1 aliphatic heterocycles. The van der Waals surface area contributed by atoms with Gasteiger partial charge >= 0.3 is 0 Å². The summed E-state index contributed by atoms with van der Waals surface area (Å²) >= 11 is 5.71. The Kier molecular flexibility index (Phi) is 5.08. The van der Waals surface area contributed by atoms with Gasteiger partial charge in [-0.05, 0) is 43.2 Å². The molecule has 1 fully saturated rings. The van der Waals surface area contributed by atoms with Crippen molar-refractivity contribution < 1.29 is 17.5 Å². The van der Waals surface area contributed by atoms with Gasteiger partial charge < -0.3 is 4.74 Å². The average molecular weight is 370 g/mol. The smallest absolute Gasteiger partial charge is 0.243 e. The Morgan fingerprint density at radius 3 is 2.62 bits per heavy atom. The number of ether oxygens (including phenoxy) is 1. The second-order valence-corrected chi connectivity index (χ2v) is 7.98. The van der Waals surface area contributed by atoms with E-state index >= 15 is 0 Å². The summed E-state index contributed by atoms with van der Waals surface area (Å²) in [6.45, 7) is 0.665. The molecular weight excluding hydrogens is 353 g/mol. The predicted molar refractivity (Wildman–Crippen MR) is 90.3 cm³/mol. The van der Waals surface area contributed by atoms with Crippen LogP contribution >= 0.6 is 11.6 Å². The Morgan fingerprint density at radius 1 is 1.17 bits per heavy atom. The summed E-state index contributed by atoms with van der Waals surface area (Å²) in [7, 11) is -3.72. The fourth-order valence-corrected chi connectivity index (χ4v) is 4.48. The number of piperidine rings is 1. The number of rotatable bonds is 4. The van der Waals surface area contributed by atoms with Crippen molar-refractivity contribution >= 4 is 21.6 Å². The highest BCUT2D eigenvalue weighted by atomic mass is 35.5. The fourth-order valence-electron chi connectivity index (χ4n) is 2.70. The minimum absolute atomic E-state index is 0.00531. The van der Waals surface area contributed by atoms with Crippen LogP contribution in [0.3, 0.4) is 0 Å². The monoisotopic (exact) mass is 369 g/mol. The third-order valence-electron chi connectivity index (χ3n) is 3.92. The van der Waals surface area contributed by atoms with Crippen molar-refractivity contribution in [2.45, 2.75) is 23.8 Å². The van der Waals surface area contributed by atoms with Gasteiger partial charge in [-0.3, -0.25) is 0 Å². The van der Waals surface area contributed by atoms with Gasteiger partial charge in [0.2, 0.25) is 10.0 Å². The normalized spacial score (nSPS) is 19.2. The highest BCUT2D eigenvalue weighted by Gasteiger charge is 2.31. The molecule has 3 rings (SSSR count). The van der Waals surface area contributed by atoms with Crippen molar-refractivity contribution in [1.29, 1.82) is 0 Å². The van der Waals surface area contributed by atoms with Crippen molar-refractivity contribution in [2.24, 2.45) is 0 Å². The Balaban J connectivity index is 1.77. The van der Waals surface area contributed by atoms with Crippen LogP contribution in [0.15, 0.2) is 53.4 Å². The SMILES string of the molecule is O=S(=O)(c1ccc(F)c(Cl)c1)N1CCCC(Oc2ccccc2)C1. The first-order valence-electron chi connectivity index (χ1n) is 7.64. The van der Waals surface area contributed by atoms with Gasteiger partial charge in [0.25, 0.3) is 0 Å². The molecule has 1 unspecified atom stereocenters. The maximum Gasteiger partial charge on any atom is 0.243 e. The maximum absolute atomic E-state index is 13.3. The van der Waals surface area contributed by atoms with E-state index in [9.17, 15) is 12.8 Å². The summed E-state index contributed by atoms with van der Waals surface area (Å²) in [6, 6.07) is 12.8. The number of hydrogen-bond acceptors (Lipinski definition) is 3. The number of sulfonamides is 1. The van der Waals surface area contributed by atoms with Gasteiger partial charge in [0.15, 0.2) is 0 Å². The second kappa shape index (κ2) is 7.09. The lowest BCUT2D eigenvalue weighted by molar-refractivity contribution is 0.130. The van der Waals surface area contributed by atoms with Crippen LogP contribution in [-0.2, 0) is 10.0 Å². The van der Waals surface area contributed by atoms with Crippen LogP contribution < -0.4 is 4.74 Å². The van der Waals surface area contributed by atoms with Crippen LogP contribution in [0.2, 0.25) is 5.02 Å². The Bertz CT molecular complexity index is 814. The molecule has 1 heterocycles. The van der Waals surface area contributed by atoms with Crippen LogP contribution in [0.4, 0.5) is 4.39 Å². The first kappa shape index (κ1) is 17.2. The Hall–Kier alpha value is -1.63. The van der Waals surface area contributed by atoms with E-state index in [1.807, 2.05) is 30.3 Å². The molecule has 1 aliphatic rings. The lowest BCUT2D eigenvalue weighted by atomic mass is 10.1. The number of benzene rings is 2. The van der Waals surface area contributed by atoms with Gasteiger partial charge in [0.05, 0.1) is 16.5 Å². The number of para-hydroxylation sites is 1. The minimum atomic E-state index is -3.72. The molecule has 2 aromatic carbocycles. The van der Waals surface area contributed by atoms with E-state index < -0.39 is 15.8 Å². The number of hydrogen-bond donors (Lipinski definition) is 0. The van der Waals surface area contributed by atoms with E-state index in [1.165, 1.54) is 10.4 Å². The summed E-state index contributed by atoms with van der Waals surface area (Å²) in [6.07, 6.45) is 1.27. The van der Waals surface area contributed by atoms with E-state index in [2.05, 4.69) is 0 Å². The number of halogens is 2. The van der Waals surface area contributed by atoms with Crippen LogP contribution in [0.5, 0.6) is 5.75 Å². The third-order valence-corrected chi connectivity index (χ3v) is 6.07. The standard InChI is InChI=1S/C17H17ClFNO3S/c18-16-11-15(8-9-17(16)19)24(21,22)20-10-4-7-14(12-20)23-13-5-2-1-3-6-13/h1-3,5-6,8-9,11,14H,4,7,10,12H2. The molecule has 4 nitrogen and oxygen atoms in total. The molecule has 0 bridgehead atoms. The molecular formula is C17H17ClFNO3S. The van der Waals surface area contributed by atoms with Crippen molar-refractivity contribution in [3.8, 4) is 5.75 Å². The highest BCUT2D eigenvalue weighted by molar-refractivity contribution is 7.89. The van der Waals surface area contributed by atoms with E-state index in [0.717, 1.165) is 18.6 Å². The quantitative estimate of drug-likeness (QED) is 0.825. The van der Waals surface area contributed by atoms with Crippen molar-refractivity contribution in [3.05, 3.63) is 59.4 Å². The molecule has 0 radical (unpaired) electrons. The van der Waals surface area contributed by atoms with E-state index in [-0.39, 0.29) is 22.6 Å². The lowest BCUT2D eigenvalue weighted by Crippen LogP contribution is -2.44. The van der Waals surface area contributed by atoms with Gasteiger partial charge in [-0.2, -0.15) is 4.31 Å². The zero-order valence-electron chi connectivity index (χ0n) is 12.9. The van der Waals surface area contributed by atoms with Gasteiger partial charge in [0.1, 0.15) is 17.7 Å². The van der Waals surface area contributed by atoms with Crippen LogP contribution in [0.25, 0.3) is 0 Å². The predicted octanol–water partition coefficient (Wildman–Crippen LogP) is 3.71. The summed E-state index contributed by atoms with van der Waals surface area (Å²) in [5.41, 5.74) is 0. The first-order valence-corrected chi connectivity index (χ1v) is 9.45. The van der Waals surface area contributed by atoms with E-state index in [0.29, 0.717) is 18.7 Å². The number of nitrogens with zero attached hydrogens (tertiary/aromatic N) is 1. The molecule has 7 heteroatoms. The van der Waals surface area contributed by atoms with Gasteiger partial charge in [-0.25, -0.2) is 12.8 Å². The molecule has 1 atom stereocenters. The summed E-state index contributed by atoms with van der Waals surface area (Å²) in [5, 5.41) is -0.204. The topological polar surface area (TPSA) is 46.6 Å². The molecule has 0 aliphatic carbocycles. The molecule has 128 valence electrons. The zero-order chi connectivity index (χ0) is 17.2. The van der Waals surface area contributed by atoms with Gasteiger partial charge in [-0.15, -0.1) is 0 Å². The van der Waals surface area contributed by atoms with Crippen LogP contribution in [-0.4, -0.2) is 31.9 Å². The molecule has 0 aromatic heterocycles. The molecule has 0 saturated carbocycles. The van der Waals surface area contributed by atoms with E-state index in [4.69, 9.17) is 16.3 Å². The maximum atomic E-state index is 13.3. The minimum Gasteiger partial charge on any atom is -0.489 e. The highest BCUT2D eigenvalue weighted by Crippen LogP contribution is 2.26. The molecule has 0 spiro atoms.